The Balaban J connectivity index is 2.21. The van der Waals surface area contributed by atoms with Gasteiger partial charge in [0.1, 0.15) is 16.5 Å². The molecule has 0 saturated carbocycles. The highest BCUT2D eigenvalue weighted by Gasteiger charge is 2.29. The summed E-state index contributed by atoms with van der Waals surface area (Å²) in [6.45, 7) is 2.49. The van der Waals surface area contributed by atoms with Gasteiger partial charge in [0.25, 0.3) is 0 Å². The highest BCUT2D eigenvalue weighted by atomic mass is 35.5. The second-order valence-corrected chi connectivity index (χ2v) is 7.15. The van der Waals surface area contributed by atoms with Crippen LogP contribution in [0, 0.1) is 11.6 Å². The van der Waals surface area contributed by atoms with Crippen molar-refractivity contribution in [3.63, 3.8) is 0 Å². The van der Waals surface area contributed by atoms with Crippen molar-refractivity contribution in [2.75, 3.05) is 38.6 Å². The number of nitrogens with zero attached hydrogens (tertiary/aromatic N) is 2. The average Bonchev–Trinajstić information content (AvgIpc) is 2.68. The molecule has 4 nitrogen and oxygen atoms in total. The van der Waals surface area contributed by atoms with E-state index in [9.17, 15) is 17.2 Å². The highest BCUT2D eigenvalue weighted by molar-refractivity contribution is 7.89. The maximum atomic E-state index is 13.7. The molecule has 1 aromatic carbocycles. The molecule has 1 fully saturated rings. The summed E-state index contributed by atoms with van der Waals surface area (Å²) in [6, 6.07) is 2.46. The van der Waals surface area contributed by atoms with Crippen LogP contribution in [0.15, 0.2) is 23.1 Å². The average molecular weight is 339 g/mol. The van der Waals surface area contributed by atoms with E-state index >= 15 is 0 Å². The maximum absolute atomic E-state index is 13.7. The van der Waals surface area contributed by atoms with Crippen LogP contribution in [0.2, 0.25) is 0 Å². The molecule has 0 aliphatic carbocycles. The predicted molar refractivity (Wildman–Crippen MR) is 76.9 cm³/mol. The molecule has 2 rings (SSSR count). The van der Waals surface area contributed by atoms with E-state index < -0.39 is 26.6 Å². The third-order valence-electron chi connectivity index (χ3n) is 3.46. The summed E-state index contributed by atoms with van der Waals surface area (Å²) in [6.07, 6.45) is 0.632. The van der Waals surface area contributed by atoms with Gasteiger partial charge in [-0.2, -0.15) is 4.31 Å². The van der Waals surface area contributed by atoms with Gasteiger partial charge in [-0.25, -0.2) is 17.2 Å². The molecule has 0 amide bonds. The molecule has 0 aromatic heterocycles. The van der Waals surface area contributed by atoms with Crippen LogP contribution in [0.4, 0.5) is 8.78 Å². The Labute approximate surface area is 128 Å². The molecule has 0 radical (unpaired) electrons. The largest absolute Gasteiger partial charge is 0.301 e. The van der Waals surface area contributed by atoms with Crippen LogP contribution in [0.25, 0.3) is 0 Å². The Morgan fingerprint density at radius 3 is 2.62 bits per heavy atom. The second kappa shape index (κ2) is 7.00. The Morgan fingerprint density at radius 1 is 1.14 bits per heavy atom. The normalized spacial score (nSPS) is 18.6. The minimum absolute atomic E-state index is 0.245. The van der Waals surface area contributed by atoms with Gasteiger partial charge in [-0.15, -0.1) is 11.6 Å². The smallest absolute Gasteiger partial charge is 0.246 e. The third-order valence-corrected chi connectivity index (χ3v) is 5.54. The van der Waals surface area contributed by atoms with E-state index in [0.717, 1.165) is 24.7 Å². The molecule has 118 valence electrons. The number of hydrogen-bond acceptors (Lipinski definition) is 3. The van der Waals surface area contributed by atoms with Gasteiger partial charge in [0, 0.05) is 32.1 Å². The number of alkyl halides is 1. The molecule has 1 aliphatic rings. The van der Waals surface area contributed by atoms with Crippen molar-refractivity contribution in [3.05, 3.63) is 29.8 Å². The molecule has 1 saturated heterocycles. The standard InChI is InChI=1S/C13H17ClF2N2O2S/c14-4-7-17-5-1-6-18(9-8-17)21(19,20)13-10-11(15)2-3-12(13)16/h2-3,10H,1,4-9H2. The number of halogens is 3. The van der Waals surface area contributed by atoms with Gasteiger partial charge in [-0.3, -0.25) is 0 Å². The molecular formula is C13H17ClF2N2O2S. The first-order valence-corrected chi connectivity index (χ1v) is 8.66. The van der Waals surface area contributed by atoms with Crippen LogP contribution >= 0.6 is 11.6 Å². The Morgan fingerprint density at radius 2 is 1.90 bits per heavy atom. The van der Waals surface area contributed by atoms with Gasteiger partial charge < -0.3 is 4.90 Å². The first-order chi connectivity index (χ1) is 9.95. The van der Waals surface area contributed by atoms with Crippen LogP contribution in [0.3, 0.4) is 0 Å². The fourth-order valence-electron chi connectivity index (χ4n) is 2.34. The van der Waals surface area contributed by atoms with Crippen LogP contribution < -0.4 is 0 Å². The molecule has 1 aliphatic heterocycles. The quantitative estimate of drug-likeness (QED) is 0.787. The van der Waals surface area contributed by atoms with E-state index in [2.05, 4.69) is 4.90 Å². The van der Waals surface area contributed by atoms with E-state index in [1.807, 2.05) is 0 Å². The highest BCUT2D eigenvalue weighted by Crippen LogP contribution is 2.21. The lowest BCUT2D eigenvalue weighted by atomic mass is 10.3. The summed E-state index contributed by atoms with van der Waals surface area (Å²) >= 11 is 5.68. The van der Waals surface area contributed by atoms with Gasteiger partial charge in [0.15, 0.2) is 0 Å². The molecule has 0 unspecified atom stereocenters. The summed E-state index contributed by atoms with van der Waals surface area (Å²) in [7, 11) is -4.02. The lowest BCUT2D eigenvalue weighted by Gasteiger charge is -2.21. The number of hydrogen-bond donors (Lipinski definition) is 0. The maximum Gasteiger partial charge on any atom is 0.246 e. The SMILES string of the molecule is O=S(=O)(c1cc(F)ccc1F)N1CCCN(CCCl)CC1. The van der Waals surface area contributed by atoms with Crippen LogP contribution in [-0.4, -0.2) is 56.2 Å². The van der Waals surface area contributed by atoms with Crippen molar-refractivity contribution in [1.82, 2.24) is 9.21 Å². The lowest BCUT2D eigenvalue weighted by Crippen LogP contribution is -2.36. The van der Waals surface area contributed by atoms with Gasteiger partial charge in [-0.05, 0) is 31.2 Å². The van der Waals surface area contributed by atoms with Gasteiger partial charge in [0.2, 0.25) is 10.0 Å². The molecule has 8 heteroatoms. The molecule has 1 heterocycles. The second-order valence-electron chi connectivity index (χ2n) is 4.86. The van der Waals surface area contributed by atoms with Crippen LogP contribution in [0.1, 0.15) is 6.42 Å². The summed E-state index contributed by atoms with van der Waals surface area (Å²) in [5.74, 6) is -1.22. The van der Waals surface area contributed by atoms with E-state index in [0.29, 0.717) is 25.4 Å². The summed E-state index contributed by atoms with van der Waals surface area (Å²) < 4.78 is 53.0. The monoisotopic (exact) mass is 338 g/mol. The van der Waals surface area contributed by atoms with E-state index in [1.165, 1.54) is 4.31 Å². The zero-order valence-electron chi connectivity index (χ0n) is 11.4. The van der Waals surface area contributed by atoms with Crippen LogP contribution in [0.5, 0.6) is 0 Å². The zero-order chi connectivity index (χ0) is 15.5. The summed E-state index contributed by atoms with van der Waals surface area (Å²) in [5, 5.41) is 0. The number of benzene rings is 1. The van der Waals surface area contributed by atoms with Crippen molar-refractivity contribution in [3.8, 4) is 0 Å². The topological polar surface area (TPSA) is 40.6 Å². The van der Waals surface area contributed by atoms with Crippen molar-refractivity contribution < 1.29 is 17.2 Å². The molecule has 1 aromatic rings. The molecular weight excluding hydrogens is 322 g/mol. The van der Waals surface area contributed by atoms with Crippen molar-refractivity contribution in [2.24, 2.45) is 0 Å². The van der Waals surface area contributed by atoms with E-state index in [4.69, 9.17) is 11.6 Å². The van der Waals surface area contributed by atoms with Crippen molar-refractivity contribution in [2.45, 2.75) is 11.3 Å². The minimum atomic E-state index is -4.02. The van der Waals surface area contributed by atoms with Gasteiger partial charge in [-0.1, -0.05) is 0 Å². The zero-order valence-corrected chi connectivity index (χ0v) is 13.0. The first-order valence-electron chi connectivity index (χ1n) is 6.68. The first kappa shape index (κ1) is 16.6. The Hall–Kier alpha value is -0.760. The van der Waals surface area contributed by atoms with Gasteiger partial charge in [0.05, 0.1) is 0 Å². The lowest BCUT2D eigenvalue weighted by molar-refractivity contribution is 0.303. The molecule has 21 heavy (non-hydrogen) atoms. The van der Waals surface area contributed by atoms with E-state index in [1.54, 1.807) is 0 Å². The fraction of sp³-hybridized carbons (Fsp3) is 0.538. The number of sulfonamides is 1. The van der Waals surface area contributed by atoms with Crippen molar-refractivity contribution in [1.29, 1.82) is 0 Å². The van der Waals surface area contributed by atoms with Crippen molar-refractivity contribution >= 4 is 21.6 Å². The van der Waals surface area contributed by atoms with Gasteiger partial charge >= 0.3 is 0 Å². The summed E-state index contributed by atoms with van der Waals surface area (Å²) in [5.41, 5.74) is 0. The molecule has 0 bridgehead atoms. The molecule has 0 N–H and O–H groups in total. The fourth-order valence-corrected chi connectivity index (χ4v) is 4.13. The number of rotatable bonds is 4. The Bertz CT molecular complexity index is 598. The summed E-state index contributed by atoms with van der Waals surface area (Å²) in [4.78, 5) is 1.46. The van der Waals surface area contributed by atoms with E-state index in [-0.39, 0.29) is 13.1 Å². The predicted octanol–water partition coefficient (Wildman–Crippen LogP) is 1.90. The minimum Gasteiger partial charge on any atom is -0.301 e. The molecule has 0 atom stereocenters. The van der Waals surface area contributed by atoms with Crippen LogP contribution in [-0.2, 0) is 10.0 Å². The molecule has 0 spiro atoms. The third kappa shape index (κ3) is 3.91. The Kier molecular flexibility index (Phi) is 5.54.